The van der Waals surface area contributed by atoms with Gasteiger partial charge in [0.15, 0.2) is 11.6 Å². The monoisotopic (exact) mass is 309 g/mol. The summed E-state index contributed by atoms with van der Waals surface area (Å²) < 4.78 is 7.29. The second-order valence-electron chi connectivity index (χ2n) is 4.97. The first kappa shape index (κ1) is 14.8. The Morgan fingerprint density at radius 3 is 2.83 bits per heavy atom. The van der Waals surface area contributed by atoms with Crippen molar-refractivity contribution < 1.29 is 9.53 Å². The van der Waals surface area contributed by atoms with Crippen LogP contribution in [0.4, 0.5) is 0 Å². The molecular formula is C16H15N5O2. The minimum Gasteiger partial charge on any atom is -0.456 e. The van der Waals surface area contributed by atoms with Gasteiger partial charge in [-0.1, -0.05) is 0 Å². The van der Waals surface area contributed by atoms with Crippen molar-refractivity contribution in [3.8, 4) is 11.5 Å². The number of ether oxygens (including phenoxy) is 1. The van der Waals surface area contributed by atoms with E-state index in [1.165, 1.54) is 6.20 Å². The minimum absolute atomic E-state index is 0.102. The van der Waals surface area contributed by atoms with Crippen LogP contribution in [0.1, 0.15) is 22.1 Å². The molecule has 0 aliphatic rings. The third kappa shape index (κ3) is 3.57. The molecule has 3 aromatic rings. The van der Waals surface area contributed by atoms with Crippen molar-refractivity contribution in [1.82, 2.24) is 24.7 Å². The van der Waals surface area contributed by atoms with Crippen molar-refractivity contribution >= 4 is 5.78 Å². The quantitative estimate of drug-likeness (QED) is 0.671. The average molecular weight is 309 g/mol. The van der Waals surface area contributed by atoms with Crippen molar-refractivity contribution in [2.75, 3.05) is 0 Å². The minimum atomic E-state index is -0.160. The molecule has 0 aliphatic carbocycles. The summed E-state index contributed by atoms with van der Waals surface area (Å²) in [6, 6.07) is 6.85. The molecule has 23 heavy (non-hydrogen) atoms. The van der Waals surface area contributed by atoms with E-state index in [-0.39, 0.29) is 12.2 Å². The van der Waals surface area contributed by atoms with E-state index in [4.69, 9.17) is 4.74 Å². The van der Waals surface area contributed by atoms with Gasteiger partial charge in [0.1, 0.15) is 23.0 Å². The molecule has 0 aromatic carbocycles. The van der Waals surface area contributed by atoms with Gasteiger partial charge in [0.2, 0.25) is 0 Å². The molecule has 7 nitrogen and oxygen atoms in total. The van der Waals surface area contributed by atoms with Gasteiger partial charge in [0.05, 0.1) is 12.6 Å². The Balaban J connectivity index is 1.75. The van der Waals surface area contributed by atoms with Gasteiger partial charge in [-0.05, 0) is 25.1 Å². The molecule has 3 heterocycles. The summed E-state index contributed by atoms with van der Waals surface area (Å²) in [4.78, 5) is 24.6. The molecule has 0 unspecified atom stereocenters. The Morgan fingerprint density at radius 2 is 2.13 bits per heavy atom. The predicted octanol–water partition coefficient (Wildman–Crippen LogP) is 2.13. The second kappa shape index (κ2) is 6.35. The number of Topliss-reactive ketones (excluding diaryl/α,β-unsaturated/α-hetero) is 1. The molecule has 0 bridgehead atoms. The summed E-state index contributed by atoms with van der Waals surface area (Å²) in [6.45, 7) is 1.83. The second-order valence-corrected chi connectivity index (χ2v) is 4.97. The fourth-order valence-electron chi connectivity index (χ4n) is 2.01. The molecule has 7 heteroatoms. The zero-order valence-corrected chi connectivity index (χ0v) is 12.8. The molecular weight excluding hydrogens is 294 g/mol. The Hall–Kier alpha value is -3.09. The number of aromatic nitrogens is 5. The van der Waals surface area contributed by atoms with Crippen molar-refractivity contribution in [3.05, 3.63) is 60.2 Å². The van der Waals surface area contributed by atoms with Gasteiger partial charge in [0.25, 0.3) is 0 Å². The molecule has 0 fully saturated rings. The van der Waals surface area contributed by atoms with Crippen LogP contribution in [-0.4, -0.2) is 30.5 Å². The Morgan fingerprint density at radius 1 is 1.26 bits per heavy atom. The van der Waals surface area contributed by atoms with Crippen molar-refractivity contribution in [3.63, 3.8) is 0 Å². The van der Waals surface area contributed by atoms with Crippen molar-refractivity contribution in [2.45, 2.75) is 13.3 Å². The Kier molecular flexibility index (Phi) is 4.09. The van der Waals surface area contributed by atoms with Crippen LogP contribution in [0, 0.1) is 6.92 Å². The van der Waals surface area contributed by atoms with E-state index in [0.717, 1.165) is 5.82 Å². The molecule has 0 N–H and O–H groups in total. The molecule has 3 aromatic heterocycles. The standard InChI is InChI=1S/C16H15N5O2/c1-11-19-16(20-21(11)2)9-15(22)14-8-12(5-7-18-14)23-13-4-3-6-17-10-13/h3-8,10H,9H2,1-2H3. The van der Waals surface area contributed by atoms with Gasteiger partial charge in [-0.25, -0.2) is 4.98 Å². The average Bonchev–Trinajstić information content (AvgIpc) is 2.86. The fraction of sp³-hybridized carbons (Fsp3) is 0.188. The summed E-state index contributed by atoms with van der Waals surface area (Å²) in [7, 11) is 1.79. The van der Waals surface area contributed by atoms with E-state index >= 15 is 0 Å². The summed E-state index contributed by atoms with van der Waals surface area (Å²) in [5.41, 5.74) is 0.316. The third-order valence-electron chi connectivity index (χ3n) is 3.23. The van der Waals surface area contributed by atoms with Crippen LogP contribution in [0.3, 0.4) is 0 Å². The number of carbonyl (C=O) groups is 1. The highest BCUT2D eigenvalue weighted by molar-refractivity contribution is 5.95. The normalized spacial score (nSPS) is 10.5. The van der Waals surface area contributed by atoms with E-state index in [2.05, 4.69) is 20.1 Å². The first-order chi connectivity index (χ1) is 11.1. The lowest BCUT2D eigenvalue weighted by Crippen LogP contribution is -2.07. The topological polar surface area (TPSA) is 82.8 Å². The summed E-state index contributed by atoms with van der Waals surface area (Å²) >= 11 is 0. The first-order valence-electron chi connectivity index (χ1n) is 7.05. The lowest BCUT2D eigenvalue weighted by atomic mass is 10.2. The molecule has 0 aliphatic heterocycles. The third-order valence-corrected chi connectivity index (χ3v) is 3.23. The molecule has 0 spiro atoms. The number of hydrogen-bond acceptors (Lipinski definition) is 6. The molecule has 0 saturated carbocycles. The van der Waals surface area contributed by atoms with Gasteiger partial charge in [-0.3, -0.25) is 19.4 Å². The van der Waals surface area contributed by atoms with E-state index in [9.17, 15) is 4.79 Å². The summed E-state index contributed by atoms with van der Waals surface area (Å²) in [5.74, 6) is 2.21. The highest BCUT2D eigenvalue weighted by atomic mass is 16.5. The maximum atomic E-state index is 12.3. The fourth-order valence-corrected chi connectivity index (χ4v) is 2.01. The van der Waals surface area contributed by atoms with E-state index < -0.39 is 0 Å². The van der Waals surface area contributed by atoms with Crippen LogP contribution in [0.15, 0.2) is 42.9 Å². The zero-order valence-electron chi connectivity index (χ0n) is 12.8. The van der Waals surface area contributed by atoms with Crippen LogP contribution in [0.2, 0.25) is 0 Å². The lowest BCUT2D eigenvalue weighted by molar-refractivity contribution is 0.0985. The maximum Gasteiger partial charge on any atom is 0.188 e. The molecule has 3 rings (SSSR count). The predicted molar refractivity (Wildman–Crippen MR) is 82.3 cm³/mol. The van der Waals surface area contributed by atoms with Gasteiger partial charge in [0, 0.05) is 25.5 Å². The van der Waals surface area contributed by atoms with Crippen molar-refractivity contribution in [1.29, 1.82) is 0 Å². The highest BCUT2D eigenvalue weighted by Gasteiger charge is 2.14. The number of carbonyl (C=O) groups excluding carboxylic acids is 1. The highest BCUT2D eigenvalue weighted by Crippen LogP contribution is 2.20. The number of nitrogens with zero attached hydrogens (tertiary/aromatic N) is 5. The van der Waals surface area contributed by atoms with E-state index in [0.29, 0.717) is 23.0 Å². The molecule has 0 radical (unpaired) electrons. The number of rotatable bonds is 5. The SMILES string of the molecule is Cc1nc(CC(=O)c2cc(Oc3cccnc3)ccn2)nn1C. The summed E-state index contributed by atoms with van der Waals surface area (Å²) in [5, 5.41) is 4.18. The van der Waals surface area contributed by atoms with Gasteiger partial charge >= 0.3 is 0 Å². The van der Waals surface area contributed by atoms with E-state index in [1.807, 2.05) is 6.92 Å². The number of pyridine rings is 2. The Bertz CT molecular complexity index is 810. The molecule has 0 amide bonds. The van der Waals surface area contributed by atoms with Crippen LogP contribution in [0.5, 0.6) is 11.5 Å². The zero-order chi connectivity index (χ0) is 16.2. The lowest BCUT2D eigenvalue weighted by Gasteiger charge is -2.05. The van der Waals surface area contributed by atoms with Crippen LogP contribution >= 0.6 is 0 Å². The number of ketones is 1. The summed E-state index contributed by atoms with van der Waals surface area (Å²) in [6.07, 6.45) is 4.90. The molecule has 0 atom stereocenters. The maximum absolute atomic E-state index is 12.3. The molecule has 0 saturated heterocycles. The van der Waals surface area contributed by atoms with Crippen molar-refractivity contribution in [2.24, 2.45) is 7.05 Å². The Labute approximate surface area is 133 Å². The smallest absolute Gasteiger partial charge is 0.188 e. The van der Waals surface area contributed by atoms with Gasteiger partial charge in [-0.2, -0.15) is 5.10 Å². The van der Waals surface area contributed by atoms with E-state index in [1.54, 1.807) is 48.4 Å². The van der Waals surface area contributed by atoms with Crippen LogP contribution in [-0.2, 0) is 13.5 Å². The first-order valence-corrected chi connectivity index (χ1v) is 7.05. The van der Waals surface area contributed by atoms with Crippen LogP contribution in [0.25, 0.3) is 0 Å². The number of hydrogen-bond donors (Lipinski definition) is 0. The molecule has 116 valence electrons. The largest absolute Gasteiger partial charge is 0.456 e. The van der Waals surface area contributed by atoms with Gasteiger partial charge in [-0.15, -0.1) is 0 Å². The van der Waals surface area contributed by atoms with Crippen LogP contribution < -0.4 is 4.74 Å². The van der Waals surface area contributed by atoms with Gasteiger partial charge < -0.3 is 4.74 Å². The number of aryl methyl sites for hydroxylation is 2.